The van der Waals surface area contributed by atoms with Crippen molar-refractivity contribution in [3.05, 3.63) is 17.0 Å². The van der Waals surface area contributed by atoms with Crippen molar-refractivity contribution in [1.29, 1.82) is 0 Å². The Morgan fingerprint density at radius 1 is 1.48 bits per heavy atom. The van der Waals surface area contributed by atoms with Crippen LogP contribution in [0.1, 0.15) is 44.2 Å². The van der Waals surface area contributed by atoms with Gasteiger partial charge in [0, 0.05) is 19.2 Å². The molecule has 2 amide bonds. The van der Waals surface area contributed by atoms with Crippen LogP contribution in [0.2, 0.25) is 0 Å². The predicted octanol–water partition coefficient (Wildman–Crippen LogP) is 2.23. The van der Waals surface area contributed by atoms with Crippen LogP contribution in [0.25, 0.3) is 0 Å². The van der Waals surface area contributed by atoms with Crippen LogP contribution in [0, 0.1) is 19.3 Å². The third-order valence-corrected chi connectivity index (χ3v) is 3.49. The van der Waals surface area contributed by atoms with E-state index in [4.69, 9.17) is 4.52 Å². The fourth-order valence-electron chi connectivity index (χ4n) is 2.36. The maximum Gasteiger partial charge on any atom is 0.317 e. The summed E-state index contributed by atoms with van der Waals surface area (Å²) in [4.78, 5) is 13.7. The monoisotopic (exact) mass is 297 g/mol. The van der Waals surface area contributed by atoms with E-state index in [1.54, 1.807) is 18.9 Å². The van der Waals surface area contributed by atoms with Gasteiger partial charge >= 0.3 is 6.03 Å². The minimum absolute atomic E-state index is 0.145. The molecule has 1 atom stereocenters. The SMILES string of the molecule is Cc1noc(C)c1CN(C)C(=O)NCC(C)(C)CC(C)O. The summed E-state index contributed by atoms with van der Waals surface area (Å²) in [5.74, 6) is 0.738. The highest BCUT2D eigenvalue weighted by molar-refractivity contribution is 5.73. The molecule has 21 heavy (non-hydrogen) atoms. The number of nitrogens with one attached hydrogen (secondary N) is 1. The largest absolute Gasteiger partial charge is 0.393 e. The van der Waals surface area contributed by atoms with Gasteiger partial charge in [-0.25, -0.2) is 4.79 Å². The molecule has 1 rings (SSSR count). The van der Waals surface area contributed by atoms with Crippen molar-refractivity contribution in [1.82, 2.24) is 15.4 Å². The second-order valence-electron chi connectivity index (χ2n) is 6.53. The van der Waals surface area contributed by atoms with Crippen LogP contribution >= 0.6 is 0 Å². The molecule has 0 bridgehead atoms. The van der Waals surface area contributed by atoms with Crippen molar-refractivity contribution in [2.45, 2.75) is 53.7 Å². The summed E-state index contributed by atoms with van der Waals surface area (Å²) in [7, 11) is 1.74. The third-order valence-electron chi connectivity index (χ3n) is 3.49. The summed E-state index contributed by atoms with van der Waals surface area (Å²) >= 11 is 0. The Morgan fingerprint density at radius 3 is 2.57 bits per heavy atom. The molecule has 0 aromatic carbocycles. The van der Waals surface area contributed by atoms with Gasteiger partial charge in [0.25, 0.3) is 0 Å². The van der Waals surface area contributed by atoms with E-state index in [1.165, 1.54) is 0 Å². The van der Waals surface area contributed by atoms with Crippen molar-refractivity contribution >= 4 is 6.03 Å². The smallest absolute Gasteiger partial charge is 0.317 e. The first kappa shape index (κ1) is 17.5. The van der Waals surface area contributed by atoms with Gasteiger partial charge in [-0.1, -0.05) is 19.0 Å². The number of rotatable bonds is 6. The molecular weight excluding hydrogens is 270 g/mol. The van der Waals surface area contributed by atoms with Crippen LogP contribution in [-0.2, 0) is 6.54 Å². The van der Waals surface area contributed by atoms with Gasteiger partial charge in [0.15, 0.2) is 0 Å². The van der Waals surface area contributed by atoms with E-state index in [-0.39, 0.29) is 17.6 Å². The van der Waals surface area contributed by atoms with E-state index in [2.05, 4.69) is 10.5 Å². The summed E-state index contributed by atoms with van der Waals surface area (Å²) in [6, 6.07) is -0.145. The molecule has 0 aliphatic rings. The first-order chi connectivity index (χ1) is 9.62. The number of aromatic nitrogens is 1. The Balaban J connectivity index is 2.52. The highest BCUT2D eigenvalue weighted by Crippen LogP contribution is 2.21. The van der Waals surface area contributed by atoms with E-state index >= 15 is 0 Å². The van der Waals surface area contributed by atoms with Crippen LogP contribution in [0.5, 0.6) is 0 Å². The van der Waals surface area contributed by atoms with Gasteiger partial charge in [-0.2, -0.15) is 0 Å². The average molecular weight is 297 g/mol. The van der Waals surface area contributed by atoms with Crippen LogP contribution in [-0.4, -0.2) is 40.9 Å². The Morgan fingerprint density at radius 2 is 2.10 bits per heavy atom. The fourth-order valence-corrected chi connectivity index (χ4v) is 2.36. The zero-order chi connectivity index (χ0) is 16.2. The minimum Gasteiger partial charge on any atom is -0.393 e. The van der Waals surface area contributed by atoms with Crippen molar-refractivity contribution in [3.8, 4) is 0 Å². The highest BCUT2D eigenvalue weighted by atomic mass is 16.5. The van der Waals surface area contributed by atoms with Gasteiger partial charge in [0.2, 0.25) is 0 Å². The standard InChI is InChI=1S/C15H27N3O3/c1-10(19)7-15(4,5)9-16-14(20)18(6)8-13-11(2)17-21-12(13)3/h10,19H,7-9H2,1-6H3,(H,16,20). The maximum atomic E-state index is 12.1. The van der Waals surface area contributed by atoms with Gasteiger partial charge in [-0.05, 0) is 32.6 Å². The normalized spacial score (nSPS) is 13.1. The molecule has 0 saturated heterocycles. The number of hydrogen-bond donors (Lipinski definition) is 2. The summed E-state index contributed by atoms with van der Waals surface area (Å²) in [5.41, 5.74) is 1.60. The molecule has 0 aliphatic heterocycles. The number of aryl methyl sites for hydroxylation is 2. The molecule has 0 saturated carbocycles. The van der Waals surface area contributed by atoms with Crippen LogP contribution in [0.15, 0.2) is 4.52 Å². The molecule has 120 valence electrons. The van der Waals surface area contributed by atoms with E-state index in [0.717, 1.165) is 17.0 Å². The molecule has 0 aliphatic carbocycles. The zero-order valence-electron chi connectivity index (χ0n) is 13.9. The predicted molar refractivity (Wildman–Crippen MR) is 80.9 cm³/mol. The van der Waals surface area contributed by atoms with Crippen molar-refractivity contribution in [3.63, 3.8) is 0 Å². The molecule has 0 radical (unpaired) electrons. The number of urea groups is 1. The Bertz CT molecular complexity index is 461. The van der Waals surface area contributed by atoms with Crippen LogP contribution in [0.4, 0.5) is 4.79 Å². The third kappa shape index (κ3) is 5.38. The summed E-state index contributed by atoms with van der Waals surface area (Å²) in [5, 5.41) is 16.2. The molecule has 2 N–H and O–H groups in total. The summed E-state index contributed by atoms with van der Waals surface area (Å²) in [6.07, 6.45) is 0.262. The second kappa shape index (κ2) is 6.93. The Hall–Kier alpha value is -1.56. The highest BCUT2D eigenvalue weighted by Gasteiger charge is 2.22. The van der Waals surface area contributed by atoms with Gasteiger partial charge in [0.1, 0.15) is 5.76 Å². The van der Waals surface area contributed by atoms with Gasteiger partial charge in [-0.15, -0.1) is 0 Å². The number of nitrogens with zero attached hydrogens (tertiary/aromatic N) is 2. The van der Waals surface area contributed by atoms with E-state index < -0.39 is 0 Å². The summed E-state index contributed by atoms with van der Waals surface area (Å²) < 4.78 is 5.10. The molecule has 1 aromatic heterocycles. The van der Waals surface area contributed by atoms with E-state index in [0.29, 0.717) is 19.5 Å². The first-order valence-corrected chi connectivity index (χ1v) is 7.21. The van der Waals surface area contributed by atoms with Crippen molar-refractivity contribution < 1.29 is 14.4 Å². The molecule has 1 aromatic rings. The molecule has 6 nitrogen and oxygen atoms in total. The first-order valence-electron chi connectivity index (χ1n) is 7.21. The van der Waals surface area contributed by atoms with Crippen molar-refractivity contribution in [2.75, 3.05) is 13.6 Å². The lowest BCUT2D eigenvalue weighted by Crippen LogP contribution is -2.42. The number of hydrogen-bond acceptors (Lipinski definition) is 4. The zero-order valence-corrected chi connectivity index (χ0v) is 13.9. The number of aliphatic hydroxyl groups is 1. The van der Waals surface area contributed by atoms with Gasteiger partial charge < -0.3 is 19.8 Å². The molecule has 0 fully saturated rings. The lowest BCUT2D eigenvalue weighted by Gasteiger charge is -2.28. The van der Waals surface area contributed by atoms with E-state index in [9.17, 15) is 9.90 Å². The van der Waals surface area contributed by atoms with Gasteiger partial charge in [0.05, 0.1) is 18.3 Å². The number of carbonyl (C=O) groups excluding carboxylic acids is 1. The number of aliphatic hydroxyl groups excluding tert-OH is 1. The topological polar surface area (TPSA) is 78.6 Å². The van der Waals surface area contributed by atoms with Crippen LogP contribution in [0.3, 0.4) is 0 Å². The lowest BCUT2D eigenvalue weighted by atomic mass is 9.87. The number of amides is 2. The average Bonchev–Trinajstić information content (AvgIpc) is 2.66. The van der Waals surface area contributed by atoms with Crippen LogP contribution < -0.4 is 5.32 Å². The maximum absolute atomic E-state index is 12.1. The Labute approximate surface area is 126 Å². The van der Waals surface area contributed by atoms with E-state index in [1.807, 2.05) is 27.7 Å². The number of carbonyl (C=O) groups is 1. The quantitative estimate of drug-likeness (QED) is 0.844. The molecule has 0 spiro atoms. The fraction of sp³-hybridized carbons (Fsp3) is 0.733. The molecule has 6 heteroatoms. The van der Waals surface area contributed by atoms with Gasteiger partial charge in [-0.3, -0.25) is 0 Å². The summed E-state index contributed by atoms with van der Waals surface area (Å²) in [6.45, 7) is 10.5. The Kier molecular flexibility index (Phi) is 5.78. The molecule has 1 unspecified atom stereocenters. The van der Waals surface area contributed by atoms with Crippen molar-refractivity contribution in [2.24, 2.45) is 5.41 Å². The molecule has 1 heterocycles. The molecular formula is C15H27N3O3. The second-order valence-corrected chi connectivity index (χ2v) is 6.53. The lowest BCUT2D eigenvalue weighted by molar-refractivity contribution is 0.127. The minimum atomic E-state index is -0.378.